The van der Waals surface area contributed by atoms with Crippen LogP contribution in [0.4, 0.5) is 11.4 Å². The molecular formula is C43H53N4O9S2+. The molecule has 1 aromatic heterocycles. The number of fused-ring (bicyclic) bond motifs is 2. The van der Waals surface area contributed by atoms with Gasteiger partial charge in [-0.25, -0.2) is 0 Å². The number of amides is 1. The largest absolute Gasteiger partial charge is 0.481 e. The molecule has 2 aromatic carbocycles. The van der Waals surface area contributed by atoms with Gasteiger partial charge in [0.2, 0.25) is 5.69 Å². The lowest BCUT2D eigenvalue weighted by atomic mass is 9.81. The second-order valence-corrected chi connectivity index (χ2v) is 18.8. The molecular weight excluding hydrogens is 781 g/mol. The molecule has 13 nitrogen and oxygen atoms in total. The van der Waals surface area contributed by atoms with Crippen molar-refractivity contribution in [2.75, 3.05) is 36.0 Å². The van der Waals surface area contributed by atoms with E-state index in [1.54, 1.807) is 12.1 Å². The standard InChI is InChI=1S/C43H52N4O9S2/c1-42(2)33-14-7-9-16-36(33)46(26-12-28-57(51,52)53)38(42)23-20-31(35-22-19-32(30-45-35)41(50)44-25-11-5-6-18-40(48)49)21-24-39-43(3,4)34-15-8-10-17-37(34)47(39)27-13-29-58(54,55)56/h7-10,14-17,19-24,30H,5-6,11-13,18,25-29H2,1-4H3,(H3-,44,48,49,50,51,52,53,54,55,56)/p+1. The zero-order valence-electron chi connectivity index (χ0n) is 33.4. The Bertz CT molecular complexity index is 2360. The number of allylic oxidation sites excluding steroid dienone is 6. The van der Waals surface area contributed by atoms with Crippen molar-refractivity contribution >= 4 is 54.8 Å². The van der Waals surface area contributed by atoms with Gasteiger partial charge in [0.25, 0.3) is 26.1 Å². The van der Waals surface area contributed by atoms with E-state index in [9.17, 15) is 35.5 Å². The Hall–Kier alpha value is -4.96. The van der Waals surface area contributed by atoms with E-state index >= 15 is 0 Å². The summed E-state index contributed by atoms with van der Waals surface area (Å²) in [4.78, 5) is 30.6. The first kappa shape index (κ1) is 44.1. The maximum absolute atomic E-state index is 13.0. The molecule has 3 aromatic rings. The Balaban J connectivity index is 1.54. The summed E-state index contributed by atoms with van der Waals surface area (Å²) >= 11 is 0. The van der Waals surface area contributed by atoms with Crippen molar-refractivity contribution in [1.82, 2.24) is 10.3 Å². The molecule has 2 aliphatic rings. The number of para-hydroxylation sites is 2. The number of aliphatic carboxylic acids is 1. The maximum Gasteiger partial charge on any atom is 0.303 e. The molecule has 0 bridgehead atoms. The molecule has 2 aliphatic heterocycles. The highest BCUT2D eigenvalue weighted by Crippen LogP contribution is 2.48. The van der Waals surface area contributed by atoms with Gasteiger partial charge in [0.05, 0.1) is 28.2 Å². The quantitative estimate of drug-likeness (QED) is 0.0434. The average Bonchev–Trinajstić information content (AvgIpc) is 3.50. The van der Waals surface area contributed by atoms with Crippen molar-refractivity contribution in [3.63, 3.8) is 0 Å². The third-order valence-corrected chi connectivity index (χ3v) is 12.3. The van der Waals surface area contributed by atoms with E-state index in [1.807, 2.05) is 72.8 Å². The summed E-state index contributed by atoms with van der Waals surface area (Å²) in [5, 5.41) is 11.7. The summed E-state index contributed by atoms with van der Waals surface area (Å²) in [5.41, 5.74) is 6.49. The predicted octanol–water partition coefficient (Wildman–Crippen LogP) is 6.71. The molecule has 0 fully saturated rings. The molecule has 0 saturated heterocycles. The molecule has 0 radical (unpaired) electrons. The lowest BCUT2D eigenvalue weighted by molar-refractivity contribution is -0.437. The number of benzene rings is 2. The minimum absolute atomic E-state index is 0.0898. The van der Waals surface area contributed by atoms with E-state index in [0.717, 1.165) is 33.9 Å². The van der Waals surface area contributed by atoms with Crippen molar-refractivity contribution in [1.29, 1.82) is 0 Å². The average molecular weight is 834 g/mol. The third-order valence-electron chi connectivity index (χ3n) is 10.7. The smallest absolute Gasteiger partial charge is 0.303 e. The summed E-state index contributed by atoms with van der Waals surface area (Å²) in [7, 11) is -8.32. The first-order valence-electron chi connectivity index (χ1n) is 19.4. The minimum atomic E-state index is -4.16. The molecule has 3 heterocycles. The molecule has 4 N–H and O–H groups in total. The number of carboxylic acids is 1. The topological polar surface area (TPSA) is 194 Å². The number of carbonyl (C=O) groups excluding carboxylic acids is 1. The Morgan fingerprint density at radius 3 is 2.17 bits per heavy atom. The van der Waals surface area contributed by atoms with Crippen molar-refractivity contribution in [3.05, 3.63) is 119 Å². The molecule has 0 aliphatic carbocycles. The van der Waals surface area contributed by atoms with Gasteiger partial charge in [0.1, 0.15) is 6.54 Å². The minimum Gasteiger partial charge on any atom is -0.481 e. The number of pyridine rings is 1. The number of rotatable bonds is 19. The number of carboxylic acid groups (broad SMARTS) is 1. The van der Waals surface area contributed by atoms with Crippen LogP contribution in [0.5, 0.6) is 0 Å². The van der Waals surface area contributed by atoms with Crippen LogP contribution in [0.15, 0.2) is 96.9 Å². The van der Waals surface area contributed by atoms with Gasteiger partial charge in [-0.1, -0.05) is 62.7 Å². The van der Waals surface area contributed by atoms with Crippen LogP contribution in [0, 0.1) is 0 Å². The molecule has 310 valence electrons. The van der Waals surface area contributed by atoms with Crippen LogP contribution >= 0.6 is 0 Å². The number of hydrogen-bond acceptors (Lipinski definition) is 8. The van der Waals surface area contributed by atoms with Gasteiger partial charge >= 0.3 is 5.97 Å². The van der Waals surface area contributed by atoms with E-state index < -0.39 is 37.0 Å². The second-order valence-electron chi connectivity index (χ2n) is 15.7. The normalized spacial score (nSPS) is 16.9. The summed E-state index contributed by atoms with van der Waals surface area (Å²) < 4.78 is 67.6. The van der Waals surface area contributed by atoms with Crippen LogP contribution in [0.2, 0.25) is 0 Å². The van der Waals surface area contributed by atoms with Gasteiger partial charge in [-0.05, 0) is 69.0 Å². The molecule has 0 saturated carbocycles. The first-order chi connectivity index (χ1) is 27.3. The monoisotopic (exact) mass is 833 g/mol. The van der Waals surface area contributed by atoms with Crippen LogP contribution in [0.3, 0.4) is 0 Å². The lowest BCUT2D eigenvalue weighted by Crippen LogP contribution is -2.28. The molecule has 1 amide bonds. The van der Waals surface area contributed by atoms with Gasteiger partial charge in [-0.15, -0.1) is 0 Å². The van der Waals surface area contributed by atoms with Gasteiger partial charge in [-0.2, -0.15) is 21.4 Å². The number of carbonyl (C=O) groups is 2. The first-order valence-corrected chi connectivity index (χ1v) is 22.6. The van der Waals surface area contributed by atoms with Gasteiger partial charge < -0.3 is 15.3 Å². The van der Waals surface area contributed by atoms with Crippen LogP contribution in [-0.4, -0.2) is 89.3 Å². The predicted molar refractivity (Wildman–Crippen MR) is 226 cm³/mol. The highest BCUT2D eigenvalue weighted by Gasteiger charge is 2.44. The van der Waals surface area contributed by atoms with Gasteiger partial charge in [-0.3, -0.25) is 23.7 Å². The van der Waals surface area contributed by atoms with Gasteiger partial charge in [0.15, 0.2) is 5.71 Å². The summed E-state index contributed by atoms with van der Waals surface area (Å²) in [6.45, 7) is 9.48. The third kappa shape index (κ3) is 10.9. The fraction of sp³-hybridized carbons (Fsp3) is 0.395. The van der Waals surface area contributed by atoms with Crippen LogP contribution in [0.25, 0.3) is 5.57 Å². The van der Waals surface area contributed by atoms with Gasteiger partial charge in [0, 0.05) is 72.2 Å². The Labute approximate surface area is 341 Å². The van der Waals surface area contributed by atoms with E-state index in [0.29, 0.717) is 55.7 Å². The van der Waals surface area contributed by atoms with E-state index in [-0.39, 0.29) is 36.7 Å². The molecule has 58 heavy (non-hydrogen) atoms. The number of nitrogens with one attached hydrogen (secondary N) is 1. The van der Waals surface area contributed by atoms with Crippen molar-refractivity contribution in [2.45, 2.75) is 77.0 Å². The van der Waals surface area contributed by atoms with Crippen molar-refractivity contribution in [3.8, 4) is 0 Å². The van der Waals surface area contributed by atoms with Crippen molar-refractivity contribution < 1.29 is 45.2 Å². The van der Waals surface area contributed by atoms with Crippen molar-refractivity contribution in [2.24, 2.45) is 0 Å². The maximum atomic E-state index is 13.0. The summed E-state index contributed by atoms with van der Waals surface area (Å²) in [6, 6.07) is 19.3. The van der Waals surface area contributed by atoms with Crippen LogP contribution in [-0.2, 0) is 35.9 Å². The second kappa shape index (κ2) is 18.3. The zero-order valence-corrected chi connectivity index (χ0v) is 35.0. The number of unbranched alkanes of at least 4 members (excludes halogenated alkanes) is 2. The SMILES string of the molecule is CC1(C)C(=CC=C(C=CC2=[N+](CCCS(=O)(=O)O)c3ccccc3C2(C)C)c2ccc(C(=O)NCCCCCC(=O)O)cn2)N(CCCS(=O)(=O)O)c2ccccc21. The molecule has 5 rings (SSSR count). The van der Waals surface area contributed by atoms with Crippen LogP contribution < -0.4 is 10.2 Å². The number of anilines is 1. The molecule has 0 spiro atoms. The van der Waals surface area contributed by atoms with E-state index in [1.165, 1.54) is 6.20 Å². The van der Waals surface area contributed by atoms with Crippen LogP contribution in [0.1, 0.15) is 93.4 Å². The summed E-state index contributed by atoms with van der Waals surface area (Å²) in [6.07, 6.45) is 11.7. The highest BCUT2D eigenvalue weighted by atomic mass is 32.2. The summed E-state index contributed by atoms with van der Waals surface area (Å²) in [5.74, 6) is -1.90. The fourth-order valence-electron chi connectivity index (χ4n) is 7.72. The number of aromatic nitrogens is 1. The number of hydrogen-bond donors (Lipinski definition) is 4. The van der Waals surface area contributed by atoms with E-state index in [4.69, 9.17) is 10.1 Å². The highest BCUT2D eigenvalue weighted by molar-refractivity contribution is 7.86. The molecule has 15 heteroatoms. The Kier molecular flexibility index (Phi) is 13.9. The lowest BCUT2D eigenvalue weighted by Gasteiger charge is -2.27. The zero-order chi connectivity index (χ0) is 42.3. The Morgan fingerprint density at radius 2 is 1.50 bits per heavy atom. The Morgan fingerprint density at radius 1 is 0.828 bits per heavy atom. The molecule has 0 atom stereocenters. The number of nitrogens with zero attached hydrogens (tertiary/aromatic N) is 3. The van der Waals surface area contributed by atoms with E-state index in [2.05, 4.69) is 42.5 Å². The molecule has 0 unspecified atom stereocenters. The fourth-order valence-corrected chi connectivity index (χ4v) is 8.71.